The van der Waals surface area contributed by atoms with Gasteiger partial charge in [0.2, 0.25) is 0 Å². The Morgan fingerprint density at radius 3 is 2.60 bits per heavy atom. The number of hydrogen-bond acceptors (Lipinski definition) is 3. The Labute approximate surface area is 181 Å². The van der Waals surface area contributed by atoms with Crippen LogP contribution in [0.3, 0.4) is 0 Å². The van der Waals surface area contributed by atoms with Gasteiger partial charge in [0.25, 0.3) is 5.91 Å². The Morgan fingerprint density at radius 2 is 1.80 bits per heavy atom. The van der Waals surface area contributed by atoms with Gasteiger partial charge in [-0.25, -0.2) is 4.79 Å². The first kappa shape index (κ1) is 22.6. The zero-order valence-electron chi connectivity index (χ0n) is 18.4. The largest absolute Gasteiger partial charge is 0.349 e. The fraction of sp³-hybridized carbons (Fsp3) is 0.667. The van der Waals surface area contributed by atoms with Crippen LogP contribution in [0.4, 0.5) is 10.5 Å². The minimum Gasteiger partial charge on any atom is -0.349 e. The Bertz CT molecular complexity index is 688. The molecule has 1 saturated carbocycles. The lowest BCUT2D eigenvalue weighted by Crippen LogP contribution is -2.47. The predicted molar refractivity (Wildman–Crippen MR) is 122 cm³/mol. The summed E-state index contributed by atoms with van der Waals surface area (Å²) in [6.07, 6.45) is 10.5. The number of para-hydroxylation sites is 1. The third kappa shape index (κ3) is 6.73. The highest BCUT2D eigenvalue weighted by Crippen LogP contribution is 2.27. The summed E-state index contributed by atoms with van der Waals surface area (Å²) >= 11 is 0. The van der Waals surface area contributed by atoms with E-state index in [2.05, 4.69) is 27.8 Å². The van der Waals surface area contributed by atoms with Crippen molar-refractivity contribution in [2.24, 2.45) is 5.92 Å². The van der Waals surface area contributed by atoms with Crippen molar-refractivity contribution >= 4 is 17.6 Å². The molecule has 0 aromatic heterocycles. The molecule has 3 rings (SSSR count). The van der Waals surface area contributed by atoms with E-state index < -0.39 is 0 Å². The third-order valence-electron chi connectivity index (χ3n) is 6.40. The lowest BCUT2D eigenvalue weighted by atomic mass is 9.83. The van der Waals surface area contributed by atoms with Crippen LogP contribution in [-0.4, -0.2) is 49.1 Å². The molecule has 0 bridgehead atoms. The predicted octanol–water partition coefficient (Wildman–Crippen LogP) is 4.38. The highest BCUT2D eigenvalue weighted by molar-refractivity contribution is 6.03. The number of rotatable bonds is 8. The number of unbranched alkanes of at least 4 members (excludes halogenated alkanes) is 1. The van der Waals surface area contributed by atoms with Crippen LogP contribution in [0.25, 0.3) is 0 Å². The Hall–Kier alpha value is -2.08. The van der Waals surface area contributed by atoms with Crippen LogP contribution in [0.5, 0.6) is 0 Å². The van der Waals surface area contributed by atoms with Crippen LogP contribution in [-0.2, 0) is 0 Å². The van der Waals surface area contributed by atoms with E-state index in [4.69, 9.17) is 0 Å². The summed E-state index contributed by atoms with van der Waals surface area (Å²) in [7, 11) is 0. The molecule has 1 saturated heterocycles. The summed E-state index contributed by atoms with van der Waals surface area (Å²) in [6, 6.07) is 7.23. The number of likely N-dealkylation sites (tertiary alicyclic amines) is 1. The molecule has 6 heteroatoms. The molecule has 2 atom stereocenters. The number of amides is 3. The SMILES string of the molecule is CCCCNC(=O)Nc1ccccc1C(=O)NC1CCCCC1CN1CCCCC1. The molecule has 30 heavy (non-hydrogen) atoms. The van der Waals surface area contributed by atoms with Crippen LogP contribution in [0.2, 0.25) is 0 Å². The Balaban J connectivity index is 1.60. The maximum Gasteiger partial charge on any atom is 0.319 e. The molecule has 1 aromatic rings. The van der Waals surface area contributed by atoms with Gasteiger partial charge in [-0.15, -0.1) is 0 Å². The molecule has 6 nitrogen and oxygen atoms in total. The summed E-state index contributed by atoms with van der Waals surface area (Å²) < 4.78 is 0. The molecular weight excluding hydrogens is 376 g/mol. The lowest BCUT2D eigenvalue weighted by Gasteiger charge is -2.37. The van der Waals surface area contributed by atoms with Gasteiger partial charge in [-0.1, -0.05) is 44.7 Å². The van der Waals surface area contributed by atoms with Crippen molar-refractivity contribution in [3.8, 4) is 0 Å². The van der Waals surface area contributed by atoms with Gasteiger partial charge >= 0.3 is 6.03 Å². The van der Waals surface area contributed by atoms with Gasteiger partial charge in [0, 0.05) is 19.1 Å². The van der Waals surface area contributed by atoms with Gasteiger partial charge in [0.05, 0.1) is 11.3 Å². The molecule has 3 amide bonds. The van der Waals surface area contributed by atoms with Crippen molar-refractivity contribution in [1.82, 2.24) is 15.5 Å². The summed E-state index contributed by atoms with van der Waals surface area (Å²) in [6.45, 7) is 6.19. The number of hydrogen-bond donors (Lipinski definition) is 3. The van der Waals surface area contributed by atoms with E-state index in [0.29, 0.717) is 23.7 Å². The minimum atomic E-state index is -0.260. The van der Waals surface area contributed by atoms with Gasteiger partial charge < -0.3 is 20.9 Å². The maximum absolute atomic E-state index is 13.1. The number of urea groups is 1. The number of nitrogens with zero attached hydrogens (tertiary/aromatic N) is 1. The molecule has 1 aliphatic carbocycles. The molecule has 1 heterocycles. The Kier molecular flexibility index (Phi) is 9.00. The van der Waals surface area contributed by atoms with E-state index in [1.165, 1.54) is 51.6 Å². The summed E-state index contributed by atoms with van der Waals surface area (Å²) in [5.41, 5.74) is 1.10. The number of piperidine rings is 1. The topological polar surface area (TPSA) is 73.5 Å². The standard InChI is InChI=1S/C24H38N4O2/c1-2-3-15-25-24(30)27-22-14-8-6-12-20(22)23(29)26-21-13-7-5-11-19(21)18-28-16-9-4-10-17-28/h6,8,12,14,19,21H,2-5,7,9-11,13,15-18H2,1H3,(H,26,29)(H2,25,27,30). The number of carbonyl (C=O) groups is 2. The quantitative estimate of drug-likeness (QED) is 0.553. The second-order valence-corrected chi connectivity index (χ2v) is 8.77. The zero-order valence-corrected chi connectivity index (χ0v) is 18.4. The highest BCUT2D eigenvalue weighted by atomic mass is 16.2. The van der Waals surface area contributed by atoms with E-state index >= 15 is 0 Å². The average molecular weight is 415 g/mol. The molecule has 2 fully saturated rings. The van der Waals surface area contributed by atoms with Gasteiger partial charge in [-0.2, -0.15) is 0 Å². The second-order valence-electron chi connectivity index (χ2n) is 8.77. The smallest absolute Gasteiger partial charge is 0.319 e. The van der Waals surface area contributed by atoms with E-state index in [1.807, 2.05) is 12.1 Å². The van der Waals surface area contributed by atoms with Gasteiger partial charge in [0.15, 0.2) is 0 Å². The highest BCUT2D eigenvalue weighted by Gasteiger charge is 2.29. The van der Waals surface area contributed by atoms with Crippen LogP contribution in [0.15, 0.2) is 24.3 Å². The van der Waals surface area contributed by atoms with Crippen molar-refractivity contribution in [3.05, 3.63) is 29.8 Å². The molecule has 3 N–H and O–H groups in total. The zero-order chi connectivity index (χ0) is 21.2. The van der Waals surface area contributed by atoms with Crippen molar-refractivity contribution in [3.63, 3.8) is 0 Å². The first-order valence-electron chi connectivity index (χ1n) is 11.8. The normalized spacial score (nSPS) is 22.3. The maximum atomic E-state index is 13.1. The minimum absolute atomic E-state index is 0.0880. The van der Waals surface area contributed by atoms with Crippen LogP contribution >= 0.6 is 0 Å². The van der Waals surface area contributed by atoms with E-state index in [9.17, 15) is 9.59 Å². The molecule has 2 aliphatic rings. The number of benzene rings is 1. The molecule has 0 radical (unpaired) electrons. The van der Waals surface area contributed by atoms with Gasteiger partial charge in [-0.05, 0) is 63.2 Å². The van der Waals surface area contributed by atoms with Crippen molar-refractivity contribution in [2.45, 2.75) is 70.8 Å². The third-order valence-corrected chi connectivity index (χ3v) is 6.40. The lowest BCUT2D eigenvalue weighted by molar-refractivity contribution is 0.0878. The second kappa shape index (κ2) is 11.9. The number of carbonyl (C=O) groups excluding carboxylic acids is 2. The number of anilines is 1. The summed E-state index contributed by atoms with van der Waals surface area (Å²) in [5, 5.41) is 8.99. The van der Waals surface area contributed by atoms with Crippen LogP contribution < -0.4 is 16.0 Å². The summed E-state index contributed by atoms with van der Waals surface area (Å²) in [5.74, 6) is 0.424. The van der Waals surface area contributed by atoms with E-state index in [1.54, 1.807) is 12.1 Å². The molecular formula is C24H38N4O2. The van der Waals surface area contributed by atoms with Crippen LogP contribution in [0.1, 0.15) is 75.1 Å². The van der Waals surface area contributed by atoms with Gasteiger partial charge in [-0.3, -0.25) is 4.79 Å². The fourth-order valence-corrected chi connectivity index (χ4v) is 4.67. The van der Waals surface area contributed by atoms with E-state index in [-0.39, 0.29) is 18.0 Å². The summed E-state index contributed by atoms with van der Waals surface area (Å²) in [4.78, 5) is 27.9. The first-order valence-corrected chi connectivity index (χ1v) is 11.8. The molecule has 0 spiro atoms. The average Bonchev–Trinajstić information content (AvgIpc) is 2.76. The molecule has 1 aromatic carbocycles. The van der Waals surface area contributed by atoms with Crippen molar-refractivity contribution in [2.75, 3.05) is 31.5 Å². The Morgan fingerprint density at radius 1 is 1.03 bits per heavy atom. The molecule has 1 aliphatic heterocycles. The van der Waals surface area contributed by atoms with E-state index in [0.717, 1.165) is 25.8 Å². The molecule has 166 valence electrons. The van der Waals surface area contributed by atoms with Gasteiger partial charge in [0.1, 0.15) is 0 Å². The number of nitrogens with one attached hydrogen (secondary N) is 3. The molecule has 2 unspecified atom stereocenters. The monoisotopic (exact) mass is 414 g/mol. The first-order chi connectivity index (χ1) is 14.7. The van der Waals surface area contributed by atoms with Crippen LogP contribution in [0, 0.1) is 5.92 Å². The van der Waals surface area contributed by atoms with Crippen molar-refractivity contribution < 1.29 is 9.59 Å². The van der Waals surface area contributed by atoms with Crippen molar-refractivity contribution in [1.29, 1.82) is 0 Å². The fourth-order valence-electron chi connectivity index (χ4n) is 4.67.